The van der Waals surface area contributed by atoms with Crippen LogP contribution in [0.1, 0.15) is 5.56 Å². The second-order valence-electron chi connectivity index (χ2n) is 8.86. The fraction of sp³-hybridized carbons (Fsp3) is 0.100. The van der Waals surface area contributed by atoms with E-state index in [-0.39, 0.29) is 25.9 Å². The number of benzene rings is 3. The smallest absolute Gasteiger partial charge is 0.136 e. The van der Waals surface area contributed by atoms with Crippen molar-refractivity contribution in [2.24, 2.45) is 0 Å². The van der Waals surface area contributed by atoms with Crippen molar-refractivity contribution in [2.75, 3.05) is 33.7 Å². The molecule has 7 nitrogen and oxygen atoms in total. The Hall–Kier alpha value is -3.87. The Morgan fingerprint density at radius 2 is 1.21 bits per heavy atom. The summed E-state index contributed by atoms with van der Waals surface area (Å²) in [6.07, 6.45) is 11.9. The number of para-hydroxylation sites is 2. The summed E-state index contributed by atoms with van der Waals surface area (Å²) in [5, 5.41) is 9.84. The second-order valence-corrected chi connectivity index (χ2v) is 8.86. The van der Waals surface area contributed by atoms with Gasteiger partial charge in [0.05, 0.1) is 5.69 Å². The van der Waals surface area contributed by atoms with Crippen molar-refractivity contribution in [3.63, 3.8) is 0 Å². The van der Waals surface area contributed by atoms with Gasteiger partial charge in [-0.05, 0) is 63.4 Å². The van der Waals surface area contributed by atoms with Crippen molar-refractivity contribution < 1.29 is 25.2 Å². The normalized spacial score (nSPS) is 15.8. The van der Waals surface area contributed by atoms with E-state index in [0.717, 1.165) is 22.7 Å². The number of anilines is 4. The van der Waals surface area contributed by atoms with Gasteiger partial charge in [-0.1, -0.05) is 19.1 Å². The summed E-state index contributed by atoms with van der Waals surface area (Å²) in [6.45, 7) is 7.99. The molecule has 0 saturated heterocycles. The van der Waals surface area contributed by atoms with Crippen molar-refractivity contribution in [3.8, 4) is 5.75 Å². The third-order valence-corrected chi connectivity index (χ3v) is 5.89. The van der Waals surface area contributed by atoms with Gasteiger partial charge in [-0.2, -0.15) is 43.2 Å². The van der Waals surface area contributed by atoms with Crippen LogP contribution in [0.25, 0.3) is 0 Å². The topological polar surface area (TPSA) is 39.7 Å². The monoisotopic (exact) mass is 682 g/mol. The predicted molar refractivity (Wildman–Crippen MR) is 149 cm³/mol. The first-order chi connectivity index (χ1) is 18.0. The molecule has 3 aromatic rings. The molecule has 0 bridgehead atoms. The van der Waals surface area contributed by atoms with Gasteiger partial charge in [-0.3, -0.25) is 0 Å². The Kier molecular flexibility index (Phi) is 8.66. The Balaban J connectivity index is 0.000000173. The molecule has 0 amide bonds. The molecule has 0 atom stereocenters. The van der Waals surface area contributed by atoms with Crippen LogP contribution in [-0.4, -0.2) is 29.0 Å². The first-order valence-electron chi connectivity index (χ1n) is 11.9. The fourth-order valence-electron chi connectivity index (χ4n) is 3.91. The Bertz CT molecular complexity index is 1270. The van der Waals surface area contributed by atoms with E-state index in [0.29, 0.717) is 0 Å². The molecule has 0 fully saturated rings. The number of phenols is 1. The molecular formula is C30H29IrN6O-5. The number of aromatic hydroxyl groups is 1. The van der Waals surface area contributed by atoms with Gasteiger partial charge in [0.1, 0.15) is 5.75 Å². The van der Waals surface area contributed by atoms with Crippen molar-refractivity contribution >= 4 is 22.7 Å². The number of hydrogen-bond donors (Lipinski definition) is 1. The second kappa shape index (κ2) is 12.1. The van der Waals surface area contributed by atoms with Crippen molar-refractivity contribution in [1.82, 2.24) is 9.80 Å². The number of nitrogens with zero attached hydrogens (tertiary/aromatic N) is 6. The van der Waals surface area contributed by atoms with Crippen LogP contribution in [0.4, 0.5) is 22.7 Å². The van der Waals surface area contributed by atoms with E-state index in [4.69, 9.17) is 0 Å². The molecule has 0 spiro atoms. The van der Waals surface area contributed by atoms with Gasteiger partial charge < -0.3 is 34.5 Å². The van der Waals surface area contributed by atoms with Gasteiger partial charge in [-0.15, -0.1) is 48.0 Å². The van der Waals surface area contributed by atoms with Crippen molar-refractivity contribution in [2.45, 2.75) is 6.92 Å². The third kappa shape index (κ3) is 6.33. The molecule has 38 heavy (non-hydrogen) atoms. The van der Waals surface area contributed by atoms with E-state index in [2.05, 4.69) is 18.2 Å². The van der Waals surface area contributed by atoms with Crippen LogP contribution in [0.5, 0.6) is 5.75 Å². The largest absolute Gasteiger partial charge is 0.510 e. The minimum Gasteiger partial charge on any atom is -0.510 e. The maximum atomic E-state index is 9.84. The molecule has 6 rings (SSSR count). The average molecular weight is 682 g/mol. The molecule has 3 aliphatic rings. The van der Waals surface area contributed by atoms with Gasteiger partial charge in [-0.25, -0.2) is 0 Å². The molecule has 1 radical (unpaired) electrons. The summed E-state index contributed by atoms with van der Waals surface area (Å²) in [5.74, 6) is 0.262. The van der Waals surface area contributed by atoms with E-state index in [9.17, 15) is 5.11 Å². The summed E-state index contributed by atoms with van der Waals surface area (Å²) in [4.78, 5) is 12.0. The summed E-state index contributed by atoms with van der Waals surface area (Å²) >= 11 is 0. The van der Waals surface area contributed by atoms with Crippen LogP contribution < -0.4 is 19.6 Å². The zero-order chi connectivity index (χ0) is 25.8. The molecule has 199 valence electrons. The van der Waals surface area contributed by atoms with E-state index in [1.165, 1.54) is 5.56 Å². The molecule has 0 aromatic heterocycles. The number of rotatable bonds is 4. The van der Waals surface area contributed by atoms with Crippen LogP contribution in [0.15, 0.2) is 97.9 Å². The molecule has 0 unspecified atom stereocenters. The Labute approximate surface area is 239 Å². The van der Waals surface area contributed by atoms with E-state index < -0.39 is 0 Å². The molecule has 0 saturated carbocycles. The van der Waals surface area contributed by atoms with E-state index >= 15 is 0 Å². The SMILES string of the molecule is CN1C=CN(c2[c-]c(N3C=CN(C)[CH-]3)ccc2)[CH-]1.Cc1c[c-]c(N2C=CN(c3ccccc3O)[CH-]2)cc1.[Ir]. The molecule has 3 aliphatic heterocycles. The van der Waals surface area contributed by atoms with E-state index in [1.807, 2.05) is 156 Å². The fourth-order valence-corrected chi connectivity index (χ4v) is 3.91. The maximum absolute atomic E-state index is 9.84. The van der Waals surface area contributed by atoms with Gasteiger partial charge in [0.15, 0.2) is 0 Å². The number of hydrogen-bond acceptors (Lipinski definition) is 7. The number of phenolic OH excluding ortho intramolecular Hbond substituents is 1. The number of aryl methyl sites for hydroxylation is 1. The maximum Gasteiger partial charge on any atom is 0.136 e. The van der Waals surface area contributed by atoms with E-state index in [1.54, 1.807) is 6.07 Å². The molecule has 3 aromatic carbocycles. The quantitative estimate of drug-likeness (QED) is 0.361. The minimum absolute atomic E-state index is 0. The van der Waals surface area contributed by atoms with Crippen LogP contribution in [-0.2, 0) is 20.1 Å². The van der Waals surface area contributed by atoms with Gasteiger partial charge >= 0.3 is 0 Å². The van der Waals surface area contributed by atoms with Crippen LogP contribution in [0.3, 0.4) is 0 Å². The zero-order valence-electron chi connectivity index (χ0n) is 21.4. The minimum atomic E-state index is 0. The van der Waals surface area contributed by atoms with Gasteiger partial charge in [0, 0.05) is 20.1 Å². The molecule has 3 heterocycles. The molecule has 8 heteroatoms. The third-order valence-electron chi connectivity index (χ3n) is 5.89. The average Bonchev–Trinajstić information content (AvgIpc) is 3.67. The molecule has 1 N–H and O–H groups in total. The van der Waals surface area contributed by atoms with Crippen molar-refractivity contribution in [3.05, 3.63) is 136 Å². The van der Waals surface area contributed by atoms with Gasteiger partial charge in [0.2, 0.25) is 0 Å². The summed E-state index contributed by atoms with van der Waals surface area (Å²) in [6, 6.07) is 26.1. The van der Waals surface area contributed by atoms with Crippen LogP contribution in [0, 0.1) is 39.1 Å². The predicted octanol–water partition coefficient (Wildman–Crippen LogP) is 5.59. The Morgan fingerprint density at radius 1 is 0.632 bits per heavy atom. The Morgan fingerprint density at radius 3 is 1.76 bits per heavy atom. The first kappa shape index (κ1) is 27.2. The molecular weight excluding hydrogens is 653 g/mol. The first-order valence-corrected chi connectivity index (χ1v) is 11.9. The zero-order valence-corrected chi connectivity index (χ0v) is 23.8. The molecule has 0 aliphatic carbocycles. The summed E-state index contributed by atoms with van der Waals surface area (Å²) < 4.78 is 0. The van der Waals surface area contributed by atoms with Crippen LogP contribution >= 0.6 is 0 Å². The van der Waals surface area contributed by atoms with Crippen molar-refractivity contribution in [1.29, 1.82) is 0 Å². The van der Waals surface area contributed by atoms with Gasteiger partial charge in [0.25, 0.3) is 0 Å². The van der Waals surface area contributed by atoms with Crippen LogP contribution in [0.2, 0.25) is 0 Å². The summed E-state index contributed by atoms with van der Waals surface area (Å²) in [7, 11) is 4.01. The summed E-state index contributed by atoms with van der Waals surface area (Å²) in [5.41, 5.74) is 4.98. The standard InChI is InChI=1S/C16H14N2O.C14H15N4.Ir/c1-13-6-8-14(9-7-13)17-10-11-18(12-17)15-4-2-3-5-16(15)19;1-15-6-8-17(11-15)13-4-3-5-14(10-13)18-9-7-16(2)12-18;/h2-8,10-12,19H,1H3;3-9,11-12H,1-2H3;/q-2;-3;.